The van der Waals surface area contributed by atoms with Crippen molar-refractivity contribution in [2.45, 2.75) is 6.92 Å². The van der Waals surface area contributed by atoms with Gasteiger partial charge in [0.1, 0.15) is 16.1 Å². The molecule has 4 aromatic rings. The minimum Gasteiger partial charge on any atom is -0.493 e. The van der Waals surface area contributed by atoms with Crippen LogP contribution in [-0.4, -0.2) is 32.7 Å². The average molecular weight is 530 g/mol. The molecule has 7 nitrogen and oxygen atoms in total. The second-order valence-electron chi connectivity index (χ2n) is 6.89. The summed E-state index contributed by atoms with van der Waals surface area (Å²) in [6, 6.07) is 12.5. The Morgan fingerprint density at radius 1 is 1.06 bits per heavy atom. The number of methoxy groups -OCH3 is 2. The SMILES string of the molecule is CCOC(=O)c1c(-c2ccc(OC)c(OC)c2)csc1NC(=O)c1cc2cc(Br)ccc2o1. The number of halogens is 1. The zero-order chi connectivity index (χ0) is 23.5. The van der Waals surface area contributed by atoms with Crippen molar-refractivity contribution in [2.75, 3.05) is 26.1 Å². The molecule has 0 atom stereocenters. The van der Waals surface area contributed by atoms with Crippen molar-refractivity contribution >= 4 is 55.1 Å². The Bertz CT molecular complexity index is 1340. The Hall–Kier alpha value is -3.30. The number of benzene rings is 2. The van der Waals surface area contributed by atoms with Crippen LogP contribution in [0.3, 0.4) is 0 Å². The molecule has 2 aromatic carbocycles. The summed E-state index contributed by atoms with van der Waals surface area (Å²) in [6.07, 6.45) is 0. The normalized spacial score (nSPS) is 10.8. The van der Waals surface area contributed by atoms with Gasteiger partial charge in [0, 0.05) is 20.8 Å². The lowest BCUT2D eigenvalue weighted by atomic mass is 10.0. The molecule has 33 heavy (non-hydrogen) atoms. The van der Waals surface area contributed by atoms with Crippen molar-refractivity contribution in [2.24, 2.45) is 0 Å². The van der Waals surface area contributed by atoms with Crippen molar-refractivity contribution in [3.63, 3.8) is 0 Å². The molecule has 4 rings (SSSR count). The van der Waals surface area contributed by atoms with Gasteiger partial charge in [-0.1, -0.05) is 22.0 Å². The van der Waals surface area contributed by atoms with Gasteiger partial charge in [-0.15, -0.1) is 11.3 Å². The van der Waals surface area contributed by atoms with E-state index in [9.17, 15) is 9.59 Å². The summed E-state index contributed by atoms with van der Waals surface area (Å²) in [5.41, 5.74) is 2.19. The van der Waals surface area contributed by atoms with E-state index in [0.717, 1.165) is 15.4 Å². The van der Waals surface area contributed by atoms with Crippen LogP contribution in [0.2, 0.25) is 0 Å². The van der Waals surface area contributed by atoms with E-state index >= 15 is 0 Å². The smallest absolute Gasteiger partial charge is 0.341 e. The minimum absolute atomic E-state index is 0.138. The molecule has 0 fully saturated rings. The number of nitrogens with one attached hydrogen (secondary N) is 1. The molecular weight excluding hydrogens is 510 g/mol. The Morgan fingerprint density at radius 2 is 1.85 bits per heavy atom. The molecule has 0 aliphatic rings. The van der Waals surface area contributed by atoms with Crippen LogP contribution in [0.1, 0.15) is 27.8 Å². The second-order valence-corrected chi connectivity index (χ2v) is 8.69. The molecule has 170 valence electrons. The molecular formula is C24H20BrNO6S. The third-order valence-corrected chi connectivity index (χ3v) is 6.28. The van der Waals surface area contributed by atoms with Crippen LogP contribution in [0.5, 0.6) is 11.5 Å². The van der Waals surface area contributed by atoms with Gasteiger partial charge in [0.15, 0.2) is 17.3 Å². The van der Waals surface area contributed by atoms with E-state index in [4.69, 9.17) is 18.6 Å². The maximum atomic E-state index is 12.9. The predicted octanol–water partition coefficient (Wildman–Crippen LogP) is 6.37. The number of rotatable bonds is 7. The fourth-order valence-electron chi connectivity index (χ4n) is 3.36. The summed E-state index contributed by atoms with van der Waals surface area (Å²) >= 11 is 4.64. The van der Waals surface area contributed by atoms with Gasteiger partial charge in [-0.2, -0.15) is 0 Å². The van der Waals surface area contributed by atoms with Gasteiger partial charge in [0.05, 0.1) is 20.8 Å². The topological polar surface area (TPSA) is 87.0 Å². The number of carbonyl (C=O) groups is 2. The highest BCUT2D eigenvalue weighted by molar-refractivity contribution is 9.10. The Labute approximate surface area is 202 Å². The Morgan fingerprint density at radius 3 is 2.58 bits per heavy atom. The maximum Gasteiger partial charge on any atom is 0.341 e. The van der Waals surface area contributed by atoms with Gasteiger partial charge in [0.2, 0.25) is 0 Å². The highest BCUT2D eigenvalue weighted by Gasteiger charge is 2.25. The standard InChI is InChI=1S/C24H20BrNO6S/c1-4-31-24(28)21-16(13-5-7-18(29-2)19(10-13)30-3)12-33-23(21)26-22(27)20-11-14-9-15(25)6-8-17(14)32-20/h5-12H,4H2,1-3H3,(H,26,27). The van der Waals surface area contributed by atoms with Gasteiger partial charge in [-0.05, 0) is 48.9 Å². The van der Waals surface area contributed by atoms with E-state index in [1.807, 2.05) is 18.2 Å². The molecule has 0 spiro atoms. The van der Waals surface area contributed by atoms with Crippen molar-refractivity contribution < 1.29 is 28.2 Å². The van der Waals surface area contributed by atoms with Crippen LogP contribution in [0.15, 0.2) is 56.7 Å². The summed E-state index contributed by atoms with van der Waals surface area (Å²) in [5, 5.41) is 5.75. The number of fused-ring (bicyclic) bond motifs is 1. The highest BCUT2D eigenvalue weighted by atomic mass is 79.9. The molecule has 9 heteroatoms. The van der Waals surface area contributed by atoms with E-state index in [0.29, 0.717) is 27.6 Å². The number of esters is 1. The highest BCUT2D eigenvalue weighted by Crippen LogP contribution is 2.40. The zero-order valence-corrected chi connectivity index (χ0v) is 20.5. The van der Waals surface area contributed by atoms with E-state index in [1.54, 1.807) is 50.8 Å². The summed E-state index contributed by atoms with van der Waals surface area (Å²) in [4.78, 5) is 25.8. The lowest BCUT2D eigenvalue weighted by Crippen LogP contribution is -2.14. The number of furan rings is 1. The van der Waals surface area contributed by atoms with Gasteiger partial charge in [0.25, 0.3) is 5.91 Å². The van der Waals surface area contributed by atoms with Gasteiger partial charge in [-0.25, -0.2) is 4.79 Å². The molecule has 2 heterocycles. The number of thiophene rings is 1. The molecule has 0 saturated carbocycles. The molecule has 0 bridgehead atoms. The molecule has 0 radical (unpaired) electrons. The fraction of sp³-hybridized carbons (Fsp3) is 0.167. The largest absolute Gasteiger partial charge is 0.493 e. The molecule has 2 aromatic heterocycles. The zero-order valence-electron chi connectivity index (χ0n) is 18.1. The van der Waals surface area contributed by atoms with Crippen LogP contribution in [-0.2, 0) is 4.74 Å². The van der Waals surface area contributed by atoms with Gasteiger partial charge < -0.3 is 23.9 Å². The second kappa shape index (κ2) is 9.68. The van der Waals surface area contributed by atoms with Crippen LogP contribution in [0.4, 0.5) is 5.00 Å². The average Bonchev–Trinajstić information content (AvgIpc) is 3.42. The summed E-state index contributed by atoms with van der Waals surface area (Å²) in [7, 11) is 3.09. The fourth-order valence-corrected chi connectivity index (χ4v) is 4.69. The number of carbonyl (C=O) groups excluding carboxylic acids is 2. The molecule has 0 unspecified atom stereocenters. The number of anilines is 1. The van der Waals surface area contributed by atoms with Gasteiger partial charge >= 0.3 is 5.97 Å². The summed E-state index contributed by atoms with van der Waals surface area (Å²) in [5.74, 6) is 0.231. The predicted molar refractivity (Wildman–Crippen MR) is 131 cm³/mol. The van der Waals surface area contributed by atoms with E-state index in [-0.39, 0.29) is 17.9 Å². The first-order valence-corrected chi connectivity index (χ1v) is 11.6. The Kier molecular flexibility index (Phi) is 6.71. The number of ether oxygens (including phenoxy) is 3. The molecule has 1 N–H and O–H groups in total. The van der Waals surface area contributed by atoms with Crippen LogP contribution in [0, 0.1) is 0 Å². The number of hydrogen-bond acceptors (Lipinski definition) is 7. The summed E-state index contributed by atoms with van der Waals surface area (Å²) in [6.45, 7) is 1.93. The first-order valence-electron chi connectivity index (χ1n) is 9.96. The van der Waals surface area contributed by atoms with E-state index in [2.05, 4.69) is 21.2 Å². The van der Waals surface area contributed by atoms with E-state index in [1.165, 1.54) is 11.3 Å². The van der Waals surface area contributed by atoms with Crippen molar-refractivity contribution in [3.8, 4) is 22.6 Å². The van der Waals surface area contributed by atoms with E-state index < -0.39 is 11.9 Å². The molecule has 1 amide bonds. The lowest BCUT2D eigenvalue weighted by molar-refractivity contribution is 0.0529. The van der Waals surface area contributed by atoms with Crippen LogP contribution < -0.4 is 14.8 Å². The minimum atomic E-state index is -0.535. The van der Waals surface area contributed by atoms with Gasteiger partial charge in [-0.3, -0.25) is 4.79 Å². The molecule has 0 aliphatic heterocycles. The molecule has 0 saturated heterocycles. The first kappa shape index (κ1) is 22.9. The first-order chi connectivity index (χ1) is 15.9. The monoisotopic (exact) mass is 529 g/mol. The third kappa shape index (κ3) is 4.60. The van der Waals surface area contributed by atoms with Crippen molar-refractivity contribution in [3.05, 3.63) is 63.6 Å². The van der Waals surface area contributed by atoms with Crippen LogP contribution in [0.25, 0.3) is 22.1 Å². The number of hydrogen-bond donors (Lipinski definition) is 1. The lowest BCUT2D eigenvalue weighted by Gasteiger charge is -2.11. The Balaban J connectivity index is 1.71. The van der Waals surface area contributed by atoms with Crippen molar-refractivity contribution in [1.29, 1.82) is 0 Å². The third-order valence-electron chi connectivity index (χ3n) is 4.89. The molecule has 0 aliphatic carbocycles. The number of amides is 1. The summed E-state index contributed by atoms with van der Waals surface area (Å²) < 4.78 is 22.5. The maximum absolute atomic E-state index is 12.9. The van der Waals surface area contributed by atoms with Crippen LogP contribution >= 0.6 is 27.3 Å². The quantitative estimate of drug-likeness (QED) is 0.280. The van der Waals surface area contributed by atoms with Crippen molar-refractivity contribution in [1.82, 2.24) is 0 Å².